The van der Waals surface area contributed by atoms with Gasteiger partial charge in [0.25, 0.3) is 0 Å². The Hall–Kier alpha value is -0.320. The third-order valence-electron chi connectivity index (χ3n) is 4.20. The summed E-state index contributed by atoms with van der Waals surface area (Å²) in [6.07, 6.45) is -4.61. The van der Waals surface area contributed by atoms with E-state index in [-0.39, 0.29) is 26.0 Å². The van der Waals surface area contributed by atoms with E-state index < -0.39 is 36.6 Å². The van der Waals surface area contributed by atoms with Gasteiger partial charge < -0.3 is 41.1 Å². The fourth-order valence-electron chi connectivity index (χ4n) is 2.50. The van der Waals surface area contributed by atoms with Gasteiger partial charge in [-0.25, -0.2) is 0 Å². The third-order valence-corrected chi connectivity index (χ3v) is 4.20. The van der Waals surface area contributed by atoms with E-state index in [1.165, 1.54) is 0 Å². The van der Waals surface area contributed by atoms with Crippen molar-refractivity contribution in [3.05, 3.63) is 0 Å². The molecule has 0 aromatic carbocycles. The van der Waals surface area contributed by atoms with Crippen molar-refractivity contribution in [2.24, 2.45) is 5.92 Å². The summed E-state index contributed by atoms with van der Waals surface area (Å²) in [6, 6.07) is -0.140. The number of hydrogen-bond acceptors (Lipinski definition) is 8. The zero-order valence-corrected chi connectivity index (χ0v) is 12.1. The molecule has 1 saturated carbocycles. The second kappa shape index (κ2) is 9.74. The van der Waals surface area contributed by atoms with Crippen LogP contribution in [0.4, 0.5) is 0 Å². The number of nitrogens with one attached hydrogen (secondary N) is 1. The highest BCUT2D eigenvalue weighted by atomic mass is 16.4. The molecule has 2 rings (SSSR count). The molecule has 2 aliphatic rings. The predicted molar refractivity (Wildman–Crippen MR) is 80.0 cm³/mol. The van der Waals surface area contributed by atoms with Crippen molar-refractivity contribution in [2.75, 3.05) is 13.2 Å². The van der Waals surface area contributed by atoms with E-state index >= 15 is 0 Å². The second-order valence-electron chi connectivity index (χ2n) is 5.81. The van der Waals surface area contributed by atoms with Crippen molar-refractivity contribution in [2.45, 2.75) is 69.9 Å². The summed E-state index contributed by atoms with van der Waals surface area (Å²) in [5.74, 6) is -0.284. The molecule has 0 aromatic rings. The van der Waals surface area contributed by atoms with Gasteiger partial charge in [-0.05, 0) is 19.8 Å². The molecule has 0 spiro atoms. The summed E-state index contributed by atoms with van der Waals surface area (Å²) in [4.78, 5) is 0. The lowest BCUT2D eigenvalue weighted by atomic mass is 9.83. The molecule has 22 heavy (non-hydrogen) atoms. The first-order valence-corrected chi connectivity index (χ1v) is 7.22. The second-order valence-corrected chi connectivity index (χ2v) is 5.81. The highest BCUT2D eigenvalue weighted by Crippen LogP contribution is 2.24. The van der Waals surface area contributed by atoms with E-state index in [1.807, 2.05) is 0 Å². The number of β-amino-alcohol motifs (C(OH)–C–C–N with tert-alkyl or cyclic N) is 1. The Morgan fingerprint density at radius 2 is 1.36 bits per heavy atom. The van der Waals surface area contributed by atoms with Gasteiger partial charge in [-0.2, -0.15) is 0 Å². The molecule has 0 aromatic heterocycles. The van der Waals surface area contributed by atoms with E-state index in [1.54, 1.807) is 6.92 Å². The summed E-state index contributed by atoms with van der Waals surface area (Å²) in [5.41, 5.74) is 0. The van der Waals surface area contributed by atoms with Crippen molar-refractivity contribution in [1.82, 2.24) is 5.32 Å². The van der Waals surface area contributed by atoms with Crippen LogP contribution in [0.1, 0.15) is 27.2 Å². The summed E-state index contributed by atoms with van der Waals surface area (Å²) in [6.45, 7) is 1.98. The van der Waals surface area contributed by atoms with Crippen molar-refractivity contribution in [1.29, 1.82) is 0 Å². The van der Waals surface area contributed by atoms with Crippen molar-refractivity contribution < 1.29 is 35.7 Å². The van der Waals surface area contributed by atoms with Crippen LogP contribution in [0.2, 0.25) is 0 Å². The minimum Gasteiger partial charge on any atom is -0.396 e. The highest BCUT2D eigenvalue weighted by molar-refractivity contribution is 4.89. The summed E-state index contributed by atoms with van der Waals surface area (Å²) < 4.78 is 0. The fourth-order valence-corrected chi connectivity index (χ4v) is 2.50. The van der Waals surface area contributed by atoms with E-state index in [4.69, 9.17) is 30.6 Å². The topological polar surface area (TPSA) is 154 Å². The monoisotopic (exact) mass is 325 g/mol. The Morgan fingerprint density at radius 1 is 0.818 bits per heavy atom. The maximum absolute atomic E-state index is 9.24. The van der Waals surface area contributed by atoms with E-state index in [9.17, 15) is 5.11 Å². The molecule has 0 bridgehead atoms. The van der Waals surface area contributed by atoms with Gasteiger partial charge in [0.1, 0.15) is 12.2 Å². The van der Waals surface area contributed by atoms with Crippen LogP contribution < -0.4 is 5.32 Å². The van der Waals surface area contributed by atoms with Crippen LogP contribution in [0.25, 0.3) is 0 Å². The van der Waals surface area contributed by atoms with E-state index in [0.717, 1.165) is 0 Å². The Labute approximate surface area is 131 Å². The first-order chi connectivity index (χ1) is 9.79. The van der Waals surface area contributed by atoms with Crippen LogP contribution in [-0.2, 0) is 0 Å². The van der Waals surface area contributed by atoms with Gasteiger partial charge in [0.05, 0.1) is 24.4 Å². The number of aliphatic hydroxyl groups is 7. The van der Waals surface area contributed by atoms with Crippen LogP contribution in [0, 0.1) is 5.92 Å². The summed E-state index contributed by atoms with van der Waals surface area (Å²) in [5, 5.41) is 66.2. The quantitative estimate of drug-likeness (QED) is 0.257. The number of rotatable bonds is 1. The first kappa shape index (κ1) is 21.7. The molecule has 1 aliphatic carbocycles. The molecule has 0 radical (unpaired) electrons. The Bertz CT molecular complexity index is 291. The van der Waals surface area contributed by atoms with Crippen LogP contribution in [0.15, 0.2) is 0 Å². The molecular weight excluding hydrogens is 294 g/mol. The lowest BCUT2D eigenvalue weighted by Gasteiger charge is -2.33. The smallest absolute Gasteiger partial charge is 0.108 e. The first-order valence-electron chi connectivity index (χ1n) is 7.22. The normalized spacial score (nSPS) is 45.3. The van der Waals surface area contributed by atoms with Gasteiger partial charge in [-0.1, -0.05) is 7.43 Å². The summed E-state index contributed by atoms with van der Waals surface area (Å²) in [7, 11) is 0. The maximum Gasteiger partial charge on any atom is 0.108 e. The average molecular weight is 325 g/mol. The Balaban J connectivity index is 0.000000385. The molecule has 0 amide bonds. The molecule has 8 heteroatoms. The number of hydrogen-bond donors (Lipinski definition) is 8. The van der Waals surface area contributed by atoms with Gasteiger partial charge >= 0.3 is 0 Å². The van der Waals surface area contributed by atoms with Crippen LogP contribution in [0.5, 0.6) is 0 Å². The lowest BCUT2D eigenvalue weighted by Crippen LogP contribution is -2.58. The molecule has 1 aliphatic heterocycles. The van der Waals surface area contributed by atoms with Gasteiger partial charge in [-0.3, -0.25) is 0 Å². The fraction of sp³-hybridized carbons (Fsp3) is 1.00. The molecular formula is C14H31NO7. The zero-order valence-electron chi connectivity index (χ0n) is 12.1. The van der Waals surface area contributed by atoms with E-state index in [2.05, 4.69) is 5.32 Å². The van der Waals surface area contributed by atoms with Crippen molar-refractivity contribution in [3.8, 4) is 0 Å². The number of piperidine rings is 1. The van der Waals surface area contributed by atoms with Crippen molar-refractivity contribution >= 4 is 0 Å². The minimum atomic E-state index is -1.10. The highest BCUT2D eigenvalue weighted by Gasteiger charge is 2.35. The number of aliphatic hydroxyl groups excluding tert-OH is 7. The average Bonchev–Trinajstić information content (AvgIpc) is 2.48. The summed E-state index contributed by atoms with van der Waals surface area (Å²) >= 11 is 0. The molecule has 8 atom stereocenters. The molecule has 4 unspecified atom stereocenters. The SMILES string of the molecule is C.C[C@H]1NCC(O)[C@@H](O)C1O.OCC1CCC(O)[C@H](O)[C@@H]1O. The van der Waals surface area contributed by atoms with E-state index in [0.29, 0.717) is 19.4 Å². The predicted octanol–water partition coefficient (Wildman–Crippen LogP) is -2.83. The molecule has 8 N–H and O–H groups in total. The van der Waals surface area contributed by atoms with Crippen LogP contribution in [0.3, 0.4) is 0 Å². The molecule has 2 fully saturated rings. The van der Waals surface area contributed by atoms with Gasteiger partial charge in [0, 0.05) is 25.1 Å². The lowest BCUT2D eigenvalue weighted by molar-refractivity contribution is -0.118. The standard InChI is InChI=1S/C7H14O4.C6H13NO3.CH4/c8-3-4-1-2-5(9)7(11)6(4)10;1-3-5(9)6(10)4(8)2-7-3;/h4-11H,1-3H2;3-10H,2H2,1H3;1H4/t4?,5?,6-,7+;3-,4?,5?,6-;/m11./s1. The molecule has 134 valence electrons. The largest absolute Gasteiger partial charge is 0.396 e. The molecule has 1 heterocycles. The van der Waals surface area contributed by atoms with Crippen LogP contribution >= 0.6 is 0 Å². The maximum atomic E-state index is 9.24. The Morgan fingerprint density at radius 3 is 1.86 bits per heavy atom. The molecule has 1 saturated heterocycles. The third kappa shape index (κ3) is 5.39. The van der Waals surface area contributed by atoms with Gasteiger partial charge in [0.15, 0.2) is 0 Å². The zero-order chi connectivity index (χ0) is 16.2. The van der Waals surface area contributed by atoms with Crippen molar-refractivity contribution in [3.63, 3.8) is 0 Å². The van der Waals surface area contributed by atoms with Gasteiger partial charge in [-0.15, -0.1) is 0 Å². The Kier molecular flexibility index (Phi) is 9.60. The van der Waals surface area contributed by atoms with Crippen LogP contribution in [-0.4, -0.2) is 91.6 Å². The minimum absolute atomic E-state index is 0. The molecule has 8 nitrogen and oxygen atoms in total. The van der Waals surface area contributed by atoms with Gasteiger partial charge in [0.2, 0.25) is 0 Å².